The SMILES string of the molecule is CCOC(=O)[C@@H](N)Cc1cccc(-c2ccc(OCc3ccccc3)cc2)c1. The van der Waals surface area contributed by atoms with Crippen LogP contribution in [-0.2, 0) is 22.6 Å². The second kappa shape index (κ2) is 9.72. The number of hydrogen-bond donors (Lipinski definition) is 1. The summed E-state index contributed by atoms with van der Waals surface area (Å²) >= 11 is 0. The third kappa shape index (κ3) is 5.44. The lowest BCUT2D eigenvalue weighted by Crippen LogP contribution is -2.34. The number of carbonyl (C=O) groups is 1. The van der Waals surface area contributed by atoms with Gasteiger partial charge in [-0.1, -0.05) is 66.7 Å². The minimum absolute atomic E-state index is 0.339. The summed E-state index contributed by atoms with van der Waals surface area (Å²) in [5, 5.41) is 0. The Balaban J connectivity index is 1.64. The molecule has 0 aliphatic heterocycles. The van der Waals surface area contributed by atoms with E-state index in [1.807, 2.05) is 72.8 Å². The largest absolute Gasteiger partial charge is 0.489 e. The summed E-state index contributed by atoms with van der Waals surface area (Å²) in [5.41, 5.74) is 10.2. The molecule has 0 radical (unpaired) electrons. The predicted octanol–water partition coefficient (Wildman–Crippen LogP) is 4.37. The van der Waals surface area contributed by atoms with E-state index in [1.165, 1.54) is 0 Å². The summed E-state index contributed by atoms with van der Waals surface area (Å²) in [4.78, 5) is 11.7. The van der Waals surface area contributed by atoms with Crippen molar-refractivity contribution in [2.45, 2.75) is 26.0 Å². The van der Waals surface area contributed by atoms with Crippen LogP contribution in [0.4, 0.5) is 0 Å². The highest BCUT2D eigenvalue weighted by Crippen LogP contribution is 2.24. The maximum Gasteiger partial charge on any atom is 0.323 e. The van der Waals surface area contributed by atoms with Crippen LogP contribution >= 0.6 is 0 Å². The first-order valence-electron chi connectivity index (χ1n) is 9.44. The molecule has 0 unspecified atom stereocenters. The van der Waals surface area contributed by atoms with Crippen molar-refractivity contribution in [1.82, 2.24) is 0 Å². The van der Waals surface area contributed by atoms with E-state index in [9.17, 15) is 4.79 Å². The molecule has 0 bridgehead atoms. The van der Waals surface area contributed by atoms with Crippen LogP contribution in [0.3, 0.4) is 0 Å². The summed E-state index contributed by atoms with van der Waals surface area (Å²) in [6.07, 6.45) is 0.449. The Kier molecular flexibility index (Phi) is 6.82. The molecule has 0 aliphatic rings. The molecule has 0 fully saturated rings. The van der Waals surface area contributed by atoms with Gasteiger partial charge in [0.1, 0.15) is 18.4 Å². The molecule has 4 nitrogen and oxygen atoms in total. The highest BCUT2D eigenvalue weighted by atomic mass is 16.5. The van der Waals surface area contributed by atoms with E-state index in [-0.39, 0.29) is 5.97 Å². The molecule has 3 rings (SSSR count). The number of rotatable bonds is 8. The Morgan fingerprint density at radius 2 is 1.61 bits per heavy atom. The van der Waals surface area contributed by atoms with Crippen molar-refractivity contribution in [2.24, 2.45) is 5.73 Å². The molecule has 1 atom stereocenters. The lowest BCUT2D eigenvalue weighted by Gasteiger charge is -2.12. The van der Waals surface area contributed by atoms with E-state index in [2.05, 4.69) is 6.07 Å². The molecule has 0 spiro atoms. The summed E-state index contributed by atoms with van der Waals surface area (Å²) in [6.45, 7) is 2.66. The lowest BCUT2D eigenvalue weighted by atomic mass is 9.99. The van der Waals surface area contributed by atoms with Crippen LogP contribution in [0.15, 0.2) is 78.9 Å². The van der Waals surface area contributed by atoms with Crippen molar-refractivity contribution in [3.63, 3.8) is 0 Å². The van der Waals surface area contributed by atoms with Crippen molar-refractivity contribution in [3.05, 3.63) is 90.0 Å². The monoisotopic (exact) mass is 375 g/mol. The normalized spacial score (nSPS) is 11.6. The van der Waals surface area contributed by atoms with E-state index < -0.39 is 6.04 Å². The fraction of sp³-hybridized carbons (Fsp3) is 0.208. The minimum atomic E-state index is -0.649. The molecule has 0 heterocycles. The first-order valence-corrected chi connectivity index (χ1v) is 9.44. The van der Waals surface area contributed by atoms with E-state index in [4.69, 9.17) is 15.2 Å². The molecule has 4 heteroatoms. The standard InChI is InChI=1S/C24H25NO3/c1-2-27-24(26)23(25)16-19-9-6-10-21(15-19)20-11-13-22(14-12-20)28-17-18-7-4-3-5-8-18/h3-15,23H,2,16-17,25H2,1H3/t23-/m0/s1. The molecular weight excluding hydrogens is 350 g/mol. The number of nitrogens with two attached hydrogens (primary N) is 1. The second-order valence-electron chi connectivity index (χ2n) is 6.56. The highest BCUT2D eigenvalue weighted by Gasteiger charge is 2.15. The molecule has 0 saturated heterocycles. The highest BCUT2D eigenvalue weighted by molar-refractivity contribution is 5.76. The molecule has 0 saturated carbocycles. The average Bonchev–Trinajstić information content (AvgIpc) is 2.74. The van der Waals surface area contributed by atoms with Crippen molar-refractivity contribution >= 4 is 5.97 Å². The summed E-state index contributed by atoms with van der Waals surface area (Å²) in [6, 6.07) is 25.5. The van der Waals surface area contributed by atoms with Crippen LogP contribution in [0, 0.1) is 0 Å². The van der Waals surface area contributed by atoms with Crippen molar-refractivity contribution < 1.29 is 14.3 Å². The van der Waals surface area contributed by atoms with Gasteiger partial charge in [0.15, 0.2) is 0 Å². The number of benzene rings is 3. The lowest BCUT2D eigenvalue weighted by molar-refractivity contribution is -0.144. The Morgan fingerprint density at radius 3 is 2.32 bits per heavy atom. The van der Waals surface area contributed by atoms with Crippen LogP contribution in [0.2, 0.25) is 0 Å². The average molecular weight is 375 g/mol. The molecule has 3 aromatic carbocycles. The summed E-state index contributed by atoms with van der Waals surface area (Å²) in [5.74, 6) is 0.459. The van der Waals surface area contributed by atoms with E-state index in [0.717, 1.165) is 28.0 Å². The fourth-order valence-corrected chi connectivity index (χ4v) is 2.95. The first kappa shape index (κ1) is 19.6. The molecule has 3 aromatic rings. The van der Waals surface area contributed by atoms with Crippen LogP contribution in [0.1, 0.15) is 18.1 Å². The van der Waals surface area contributed by atoms with Gasteiger partial charge in [-0.3, -0.25) is 4.79 Å². The number of hydrogen-bond acceptors (Lipinski definition) is 4. The van der Waals surface area contributed by atoms with Gasteiger partial charge in [-0.25, -0.2) is 0 Å². The molecular formula is C24H25NO3. The zero-order valence-corrected chi connectivity index (χ0v) is 16.0. The number of ether oxygens (including phenoxy) is 2. The summed E-state index contributed by atoms with van der Waals surface area (Å²) < 4.78 is 10.8. The quantitative estimate of drug-likeness (QED) is 0.594. The smallest absolute Gasteiger partial charge is 0.323 e. The van der Waals surface area contributed by atoms with Gasteiger partial charge in [-0.2, -0.15) is 0 Å². The number of esters is 1. The van der Waals surface area contributed by atoms with Crippen LogP contribution < -0.4 is 10.5 Å². The van der Waals surface area contributed by atoms with E-state index in [0.29, 0.717) is 19.6 Å². The molecule has 2 N–H and O–H groups in total. The summed E-state index contributed by atoms with van der Waals surface area (Å²) in [7, 11) is 0. The zero-order chi connectivity index (χ0) is 19.8. The Labute approximate surface area is 165 Å². The Hall–Kier alpha value is -3.11. The van der Waals surface area contributed by atoms with Gasteiger partial charge >= 0.3 is 5.97 Å². The number of carbonyl (C=O) groups excluding carboxylic acids is 1. The zero-order valence-electron chi connectivity index (χ0n) is 16.0. The van der Waals surface area contributed by atoms with Gasteiger partial charge in [0.2, 0.25) is 0 Å². The van der Waals surface area contributed by atoms with Crippen molar-refractivity contribution in [1.29, 1.82) is 0 Å². The minimum Gasteiger partial charge on any atom is -0.489 e. The Bertz CT molecular complexity index is 891. The third-order valence-electron chi connectivity index (χ3n) is 4.41. The molecule has 0 aliphatic carbocycles. The van der Waals surface area contributed by atoms with E-state index in [1.54, 1.807) is 6.92 Å². The van der Waals surface area contributed by atoms with Crippen LogP contribution in [0.5, 0.6) is 5.75 Å². The molecule has 144 valence electrons. The van der Waals surface area contributed by atoms with Gasteiger partial charge < -0.3 is 15.2 Å². The molecule has 28 heavy (non-hydrogen) atoms. The maximum absolute atomic E-state index is 11.7. The van der Waals surface area contributed by atoms with Gasteiger partial charge in [-0.05, 0) is 47.7 Å². The van der Waals surface area contributed by atoms with Crippen molar-refractivity contribution in [3.8, 4) is 16.9 Å². The Morgan fingerprint density at radius 1 is 0.893 bits per heavy atom. The maximum atomic E-state index is 11.7. The van der Waals surface area contributed by atoms with Gasteiger partial charge in [0.25, 0.3) is 0 Å². The molecule has 0 amide bonds. The van der Waals surface area contributed by atoms with Crippen LogP contribution in [0.25, 0.3) is 11.1 Å². The topological polar surface area (TPSA) is 61.5 Å². The third-order valence-corrected chi connectivity index (χ3v) is 4.41. The van der Waals surface area contributed by atoms with Gasteiger partial charge in [0.05, 0.1) is 6.61 Å². The molecule has 0 aromatic heterocycles. The predicted molar refractivity (Wildman–Crippen MR) is 111 cm³/mol. The van der Waals surface area contributed by atoms with E-state index >= 15 is 0 Å². The van der Waals surface area contributed by atoms with Crippen LogP contribution in [-0.4, -0.2) is 18.6 Å². The van der Waals surface area contributed by atoms with Gasteiger partial charge in [0, 0.05) is 0 Å². The van der Waals surface area contributed by atoms with Gasteiger partial charge in [-0.15, -0.1) is 0 Å². The second-order valence-corrected chi connectivity index (χ2v) is 6.56. The fourth-order valence-electron chi connectivity index (χ4n) is 2.95. The first-order chi connectivity index (χ1) is 13.7. The van der Waals surface area contributed by atoms with Crippen molar-refractivity contribution in [2.75, 3.05) is 6.61 Å².